The molecule has 0 bridgehead atoms. The highest BCUT2D eigenvalue weighted by atomic mass is 32.2. The second kappa shape index (κ2) is 14.4. The number of amides is 1. The molecule has 278 valence electrons. The Kier molecular flexibility index (Phi) is 10.9. The highest BCUT2D eigenvalue weighted by molar-refractivity contribution is 7.92. The molecule has 2 fully saturated rings. The van der Waals surface area contributed by atoms with Crippen molar-refractivity contribution in [3.8, 4) is 0 Å². The van der Waals surface area contributed by atoms with Gasteiger partial charge in [-0.25, -0.2) is 21.6 Å². The summed E-state index contributed by atoms with van der Waals surface area (Å²) >= 11 is 0. The molecule has 17 heteroatoms. The average molecular weight is 753 g/mol. The molecular weight excluding hydrogens is 719 g/mol. The van der Waals surface area contributed by atoms with Gasteiger partial charge in [-0.2, -0.15) is 26.3 Å². The van der Waals surface area contributed by atoms with Crippen LogP contribution < -0.4 is 0 Å². The number of benzene rings is 3. The Labute approximate surface area is 287 Å². The number of alkyl halides is 6. The van der Waals surface area contributed by atoms with Gasteiger partial charge >= 0.3 is 12.4 Å². The van der Waals surface area contributed by atoms with E-state index in [1.807, 2.05) is 4.90 Å². The van der Waals surface area contributed by atoms with Gasteiger partial charge in [-0.3, -0.25) is 9.69 Å². The van der Waals surface area contributed by atoms with Crippen molar-refractivity contribution in [2.24, 2.45) is 0 Å². The van der Waals surface area contributed by atoms with Gasteiger partial charge in [-0.1, -0.05) is 30.3 Å². The molecule has 3 aromatic rings. The van der Waals surface area contributed by atoms with E-state index in [0.29, 0.717) is 50.4 Å². The fourth-order valence-electron chi connectivity index (χ4n) is 6.94. The fourth-order valence-corrected chi connectivity index (χ4v) is 9.13. The van der Waals surface area contributed by atoms with Gasteiger partial charge < -0.3 is 14.4 Å². The quantitative estimate of drug-likeness (QED) is 0.171. The number of carbonyl (C=O) groups is 1. The lowest BCUT2D eigenvalue weighted by molar-refractivity contribution is -0.392. The van der Waals surface area contributed by atoms with E-state index in [0.717, 1.165) is 42.5 Å². The number of nitrogens with zero attached hydrogens (tertiary/aromatic N) is 2. The van der Waals surface area contributed by atoms with E-state index < -0.39 is 73.8 Å². The monoisotopic (exact) mass is 752 g/mol. The van der Waals surface area contributed by atoms with E-state index in [1.165, 1.54) is 7.11 Å². The number of ether oxygens (including phenoxy) is 2. The summed E-state index contributed by atoms with van der Waals surface area (Å²) in [6.45, 7) is -0.490. The Balaban J connectivity index is 1.54. The van der Waals surface area contributed by atoms with E-state index >= 15 is 0 Å². The Morgan fingerprint density at radius 2 is 1.41 bits per heavy atom. The first-order valence-corrected chi connectivity index (χ1v) is 17.2. The molecule has 0 aromatic heterocycles. The third-order valence-corrected chi connectivity index (χ3v) is 12.2. The first-order chi connectivity index (χ1) is 23.9. The molecule has 2 unspecified atom stereocenters. The van der Waals surface area contributed by atoms with Crippen molar-refractivity contribution in [1.82, 2.24) is 9.80 Å². The molecule has 1 saturated carbocycles. The summed E-state index contributed by atoms with van der Waals surface area (Å²) in [5, 5.41) is 0. The van der Waals surface area contributed by atoms with E-state index in [2.05, 4.69) is 4.74 Å². The first-order valence-electron chi connectivity index (χ1n) is 15.7. The van der Waals surface area contributed by atoms with Crippen LogP contribution in [0.4, 0.5) is 39.5 Å². The molecule has 5 rings (SSSR count). The SMILES string of the molecule is COCC(=O)N1CCN(C2CCC(c3ccc(C(OCc4c(F)cccc4F)(C(F)(F)F)C(F)(F)F)cc3)(S(=O)(=O)c3ccc(F)cc3)C2)CC1. The van der Waals surface area contributed by atoms with Gasteiger partial charge in [-0.15, -0.1) is 0 Å². The summed E-state index contributed by atoms with van der Waals surface area (Å²) in [5.41, 5.74) is -7.83. The minimum atomic E-state index is -6.20. The summed E-state index contributed by atoms with van der Waals surface area (Å²) in [5.74, 6) is -3.80. The van der Waals surface area contributed by atoms with Gasteiger partial charge in [0.25, 0.3) is 5.60 Å². The van der Waals surface area contributed by atoms with Gasteiger partial charge in [0.2, 0.25) is 5.91 Å². The summed E-state index contributed by atoms with van der Waals surface area (Å²) in [6, 6.07) is 8.25. The topological polar surface area (TPSA) is 76.2 Å². The molecule has 3 aromatic carbocycles. The van der Waals surface area contributed by atoms with Crippen molar-refractivity contribution in [1.29, 1.82) is 0 Å². The number of rotatable bonds is 10. The molecule has 0 radical (unpaired) electrons. The third kappa shape index (κ3) is 7.09. The maximum atomic E-state index is 14.6. The maximum Gasteiger partial charge on any atom is 0.430 e. The Bertz CT molecular complexity index is 1780. The lowest BCUT2D eigenvalue weighted by atomic mass is 9.88. The first kappa shape index (κ1) is 38.6. The number of piperazine rings is 1. The van der Waals surface area contributed by atoms with Crippen LogP contribution in [0.3, 0.4) is 0 Å². The minimum Gasteiger partial charge on any atom is -0.375 e. The predicted molar refractivity (Wildman–Crippen MR) is 164 cm³/mol. The molecule has 2 atom stereocenters. The number of methoxy groups -OCH3 is 1. The van der Waals surface area contributed by atoms with Crippen molar-refractivity contribution in [3.63, 3.8) is 0 Å². The lowest BCUT2D eigenvalue weighted by Crippen LogP contribution is -2.56. The van der Waals surface area contributed by atoms with Crippen molar-refractivity contribution >= 4 is 15.7 Å². The van der Waals surface area contributed by atoms with Gasteiger partial charge in [-0.05, 0) is 61.2 Å². The van der Waals surface area contributed by atoms with Crippen molar-refractivity contribution in [3.05, 3.63) is 101 Å². The largest absolute Gasteiger partial charge is 0.430 e. The second-order valence-corrected chi connectivity index (χ2v) is 14.7. The van der Waals surface area contributed by atoms with Crippen LogP contribution in [0.15, 0.2) is 71.6 Å². The highest BCUT2D eigenvalue weighted by Gasteiger charge is 2.73. The molecule has 1 aliphatic carbocycles. The number of hydrogen-bond donors (Lipinski definition) is 0. The van der Waals surface area contributed by atoms with Crippen LogP contribution in [0.25, 0.3) is 0 Å². The number of hydrogen-bond acceptors (Lipinski definition) is 6. The minimum absolute atomic E-state index is 0.0910. The summed E-state index contributed by atoms with van der Waals surface area (Å²) in [7, 11) is -3.09. The smallest absolute Gasteiger partial charge is 0.375 e. The van der Waals surface area contributed by atoms with E-state index in [4.69, 9.17) is 4.74 Å². The number of carbonyl (C=O) groups excluding carboxylic acids is 1. The Morgan fingerprint density at radius 3 is 1.94 bits per heavy atom. The molecule has 1 heterocycles. The molecule has 7 nitrogen and oxygen atoms in total. The Hall–Kier alpha value is -3.67. The third-order valence-electron chi connectivity index (χ3n) is 9.65. The van der Waals surface area contributed by atoms with Crippen molar-refractivity contribution in [2.75, 3.05) is 39.9 Å². The summed E-state index contributed by atoms with van der Waals surface area (Å²) < 4.78 is 166. The van der Waals surface area contributed by atoms with Crippen LogP contribution >= 0.6 is 0 Å². The van der Waals surface area contributed by atoms with Crippen LogP contribution in [0.2, 0.25) is 0 Å². The van der Waals surface area contributed by atoms with Crippen LogP contribution in [0.1, 0.15) is 36.0 Å². The average Bonchev–Trinajstić information content (AvgIpc) is 3.53. The van der Waals surface area contributed by atoms with E-state index in [9.17, 15) is 52.7 Å². The molecule has 2 aliphatic rings. The molecule has 51 heavy (non-hydrogen) atoms. The van der Waals surface area contributed by atoms with Crippen molar-refractivity contribution in [2.45, 2.75) is 59.5 Å². The lowest BCUT2D eigenvalue weighted by Gasteiger charge is -2.39. The van der Waals surface area contributed by atoms with E-state index in [1.54, 1.807) is 4.90 Å². The summed E-state index contributed by atoms with van der Waals surface area (Å²) in [6.07, 6.45) is -12.3. The molecule has 0 N–H and O–H groups in total. The van der Waals surface area contributed by atoms with E-state index in [-0.39, 0.29) is 42.2 Å². The molecule has 0 spiro atoms. The highest BCUT2D eigenvalue weighted by Crippen LogP contribution is 2.55. The van der Waals surface area contributed by atoms with Crippen LogP contribution in [-0.2, 0) is 41.1 Å². The van der Waals surface area contributed by atoms with Crippen LogP contribution in [0.5, 0.6) is 0 Å². The zero-order valence-corrected chi connectivity index (χ0v) is 27.9. The molecule has 1 saturated heterocycles. The standard InChI is InChI=1S/C34H33F9N2O5S/c1-49-21-30(46)45-17-15-44(16-18-45)25-13-14-31(19-25,51(47,48)26-11-9-24(35)10-12-26)22-5-7-23(8-6-22)32(33(38,39)40,34(41,42)43)50-20-27-28(36)3-2-4-29(27)37/h2-12,25H,13-21H2,1H3. The Morgan fingerprint density at radius 1 is 0.843 bits per heavy atom. The maximum absolute atomic E-state index is 14.6. The zero-order chi connectivity index (χ0) is 37.4. The van der Waals surface area contributed by atoms with Crippen molar-refractivity contribution < 1.29 is 62.2 Å². The molecule has 1 aliphatic heterocycles. The zero-order valence-electron chi connectivity index (χ0n) is 27.0. The van der Waals surface area contributed by atoms with Crippen LogP contribution in [-0.4, -0.2) is 82.4 Å². The fraction of sp³-hybridized carbons (Fsp3) is 0.441. The van der Waals surface area contributed by atoms with Gasteiger partial charge in [0.15, 0.2) is 9.84 Å². The predicted octanol–water partition coefficient (Wildman–Crippen LogP) is 6.65. The number of sulfone groups is 1. The van der Waals surface area contributed by atoms with Gasteiger partial charge in [0, 0.05) is 50.5 Å². The van der Waals surface area contributed by atoms with Gasteiger partial charge in [0.05, 0.1) is 11.5 Å². The van der Waals surface area contributed by atoms with Crippen LogP contribution in [0, 0.1) is 17.5 Å². The second-order valence-electron chi connectivity index (χ2n) is 12.4. The number of halogens is 9. The molecule has 1 amide bonds. The normalized spacial score (nSPS) is 20.9. The molecular formula is C34H33F9N2O5S. The van der Waals surface area contributed by atoms with Gasteiger partial charge in [0.1, 0.15) is 28.8 Å². The summed E-state index contributed by atoms with van der Waals surface area (Å²) in [4.78, 5) is 15.5.